The van der Waals surface area contributed by atoms with Crippen LogP contribution in [-0.4, -0.2) is 64.9 Å². The number of alkyl carbamates (subject to hydrolysis) is 1. The highest BCUT2D eigenvalue weighted by Gasteiger charge is 2.38. The first-order valence-electron chi connectivity index (χ1n) is 10.2. The zero-order valence-electron chi connectivity index (χ0n) is 17.2. The van der Waals surface area contributed by atoms with E-state index in [1.54, 1.807) is 0 Å². The third-order valence-corrected chi connectivity index (χ3v) is 5.69. The smallest absolute Gasteiger partial charge is 0.407 e. The molecule has 0 spiro atoms. The summed E-state index contributed by atoms with van der Waals surface area (Å²) in [6.07, 6.45) is -1.57. The maximum absolute atomic E-state index is 12.1. The Morgan fingerprint density at radius 3 is 2.31 bits per heavy atom. The molecule has 0 bridgehead atoms. The summed E-state index contributed by atoms with van der Waals surface area (Å²) >= 11 is 0. The molecule has 8 nitrogen and oxygen atoms in total. The molecule has 1 saturated heterocycles. The topological polar surface area (TPSA) is 116 Å². The largest absolute Gasteiger partial charge is 0.480 e. The van der Waals surface area contributed by atoms with Crippen molar-refractivity contribution in [3.05, 3.63) is 59.7 Å². The lowest BCUT2D eigenvalue weighted by molar-refractivity contribution is -0.146. The molecule has 1 aliphatic carbocycles. The number of amides is 2. The third-order valence-electron chi connectivity index (χ3n) is 5.69. The van der Waals surface area contributed by atoms with Gasteiger partial charge in [-0.15, -0.1) is 0 Å². The third kappa shape index (κ3) is 4.29. The van der Waals surface area contributed by atoms with Gasteiger partial charge in [0.05, 0.1) is 12.6 Å². The molecule has 0 aromatic heterocycles. The highest BCUT2D eigenvalue weighted by atomic mass is 16.5. The molecule has 2 aromatic rings. The van der Waals surface area contributed by atoms with Crippen molar-refractivity contribution in [3.63, 3.8) is 0 Å². The number of carbonyl (C=O) groups excluding carboxylic acids is 2. The molecular weight excluding hydrogens is 412 g/mol. The highest BCUT2D eigenvalue weighted by Crippen LogP contribution is 2.44. The Morgan fingerprint density at radius 1 is 1.06 bits per heavy atom. The number of β-amino-alcohol motifs (C(OH)–C–C–N with tert-alkyl or cyclic N) is 1. The van der Waals surface area contributed by atoms with Crippen LogP contribution in [0.5, 0.6) is 0 Å². The molecule has 3 N–H and O–H groups in total. The van der Waals surface area contributed by atoms with E-state index in [4.69, 9.17) is 9.84 Å². The number of carboxylic acids is 1. The van der Waals surface area contributed by atoms with Crippen molar-refractivity contribution in [2.45, 2.75) is 24.5 Å². The van der Waals surface area contributed by atoms with Gasteiger partial charge in [-0.25, -0.2) is 9.59 Å². The van der Waals surface area contributed by atoms with Gasteiger partial charge in [0.15, 0.2) is 0 Å². The van der Waals surface area contributed by atoms with Crippen LogP contribution in [0.3, 0.4) is 0 Å². The van der Waals surface area contributed by atoms with Gasteiger partial charge in [0, 0.05) is 18.9 Å². The Hall–Kier alpha value is -3.83. The van der Waals surface area contributed by atoms with E-state index in [0.29, 0.717) is 0 Å². The lowest BCUT2D eigenvalue weighted by Gasteiger charge is -2.17. The summed E-state index contributed by atoms with van der Waals surface area (Å²) in [5.74, 6) is 2.85. The van der Waals surface area contributed by atoms with Gasteiger partial charge in [-0.2, -0.15) is 0 Å². The number of aliphatic hydroxyl groups is 1. The molecular formula is C24H22N2O6. The molecule has 0 saturated carbocycles. The van der Waals surface area contributed by atoms with E-state index in [-0.39, 0.29) is 32.0 Å². The minimum absolute atomic E-state index is 0.0270. The lowest BCUT2D eigenvalue weighted by Crippen LogP contribution is -2.40. The molecule has 2 atom stereocenters. The van der Waals surface area contributed by atoms with E-state index >= 15 is 0 Å². The standard InChI is InChI=1S/C24H22N2O6/c27-15-12-21(23(29)30)26(13-15)22(28)10-5-11-25-24(31)32-14-20-18-8-3-1-6-16(18)17-7-2-4-9-19(17)20/h1-4,6-9,15,20-21,27H,11-14H2,(H,25,31)(H,29,30)/t15-,21-/m1/s1. The predicted octanol–water partition coefficient (Wildman–Crippen LogP) is 1.57. The number of hydrogen-bond donors (Lipinski definition) is 3. The first-order chi connectivity index (χ1) is 15.5. The van der Waals surface area contributed by atoms with Gasteiger partial charge in [0.1, 0.15) is 12.6 Å². The van der Waals surface area contributed by atoms with Crippen molar-refractivity contribution in [2.24, 2.45) is 0 Å². The Bertz CT molecular complexity index is 1070. The Morgan fingerprint density at radius 2 is 1.69 bits per heavy atom. The molecule has 4 rings (SSSR count). The van der Waals surface area contributed by atoms with E-state index < -0.39 is 30.1 Å². The molecule has 32 heavy (non-hydrogen) atoms. The number of carboxylic acid groups (broad SMARTS) is 1. The predicted molar refractivity (Wildman–Crippen MR) is 115 cm³/mol. The van der Waals surface area contributed by atoms with E-state index in [9.17, 15) is 19.5 Å². The summed E-state index contributed by atoms with van der Waals surface area (Å²) in [7, 11) is 0. The average molecular weight is 434 g/mol. The number of likely N-dealkylation sites (tertiary alicyclic amines) is 1. The molecule has 2 amide bonds. The fourth-order valence-corrected chi connectivity index (χ4v) is 4.23. The van der Waals surface area contributed by atoms with Crippen LogP contribution in [0.2, 0.25) is 0 Å². The molecule has 0 unspecified atom stereocenters. The molecule has 1 fully saturated rings. The number of rotatable bonds is 4. The average Bonchev–Trinajstić information content (AvgIpc) is 3.34. The van der Waals surface area contributed by atoms with E-state index in [2.05, 4.69) is 29.3 Å². The van der Waals surface area contributed by atoms with Gasteiger partial charge in [-0.3, -0.25) is 4.79 Å². The zero-order valence-corrected chi connectivity index (χ0v) is 17.2. The maximum Gasteiger partial charge on any atom is 0.407 e. The molecule has 2 aliphatic rings. The van der Waals surface area contributed by atoms with Crippen molar-refractivity contribution in [3.8, 4) is 23.0 Å². The first kappa shape index (κ1) is 21.4. The van der Waals surface area contributed by atoms with Crippen molar-refractivity contribution in [2.75, 3.05) is 19.7 Å². The first-order valence-corrected chi connectivity index (χ1v) is 10.2. The fourth-order valence-electron chi connectivity index (χ4n) is 4.23. The fraction of sp³-hybridized carbons (Fsp3) is 0.292. The number of nitrogens with one attached hydrogen (secondary N) is 1. The second kappa shape index (κ2) is 9.12. The van der Waals surface area contributed by atoms with Gasteiger partial charge in [0.2, 0.25) is 0 Å². The van der Waals surface area contributed by atoms with Crippen LogP contribution in [-0.2, 0) is 14.3 Å². The summed E-state index contributed by atoms with van der Waals surface area (Å²) in [5, 5.41) is 21.2. The Labute approximate surface area is 184 Å². The highest BCUT2D eigenvalue weighted by molar-refractivity contribution is 5.96. The zero-order chi connectivity index (χ0) is 22.7. The molecule has 164 valence electrons. The number of aliphatic carboxylic acids is 1. The summed E-state index contributed by atoms with van der Waals surface area (Å²) in [5.41, 5.74) is 4.47. The number of carbonyl (C=O) groups is 3. The summed E-state index contributed by atoms with van der Waals surface area (Å²) in [6, 6.07) is 14.9. The second-order valence-corrected chi connectivity index (χ2v) is 7.68. The summed E-state index contributed by atoms with van der Waals surface area (Å²) in [4.78, 5) is 36.4. The van der Waals surface area contributed by atoms with Crippen LogP contribution in [0, 0.1) is 11.8 Å². The van der Waals surface area contributed by atoms with Crippen molar-refractivity contribution >= 4 is 18.0 Å². The number of ether oxygens (including phenoxy) is 1. The van der Waals surface area contributed by atoms with Crippen LogP contribution in [0.15, 0.2) is 48.5 Å². The molecule has 1 heterocycles. The minimum Gasteiger partial charge on any atom is -0.480 e. The number of aliphatic hydroxyl groups excluding tert-OH is 1. The molecule has 1 aliphatic heterocycles. The lowest BCUT2D eigenvalue weighted by atomic mass is 9.98. The van der Waals surface area contributed by atoms with E-state index in [1.807, 2.05) is 36.4 Å². The summed E-state index contributed by atoms with van der Waals surface area (Å²) < 4.78 is 5.39. The number of fused-ring (bicyclic) bond motifs is 3. The maximum atomic E-state index is 12.1. The van der Waals surface area contributed by atoms with Crippen molar-refractivity contribution in [1.82, 2.24) is 10.2 Å². The quantitative estimate of drug-likeness (QED) is 0.629. The van der Waals surface area contributed by atoms with E-state index in [1.165, 1.54) is 0 Å². The Kier molecular flexibility index (Phi) is 6.10. The van der Waals surface area contributed by atoms with Crippen molar-refractivity contribution < 1.29 is 29.3 Å². The van der Waals surface area contributed by atoms with Crippen LogP contribution in [0.4, 0.5) is 4.79 Å². The van der Waals surface area contributed by atoms with Gasteiger partial charge in [-0.1, -0.05) is 54.5 Å². The molecule has 0 radical (unpaired) electrons. The van der Waals surface area contributed by atoms with E-state index in [0.717, 1.165) is 27.2 Å². The monoisotopic (exact) mass is 434 g/mol. The van der Waals surface area contributed by atoms with Crippen molar-refractivity contribution in [1.29, 1.82) is 0 Å². The number of hydrogen-bond acceptors (Lipinski definition) is 5. The normalized spacial score (nSPS) is 18.8. The van der Waals surface area contributed by atoms with Gasteiger partial charge >= 0.3 is 12.1 Å². The molecule has 8 heteroatoms. The number of nitrogens with zero attached hydrogens (tertiary/aromatic N) is 1. The minimum atomic E-state index is -1.19. The van der Waals surface area contributed by atoms with Crippen LogP contribution < -0.4 is 5.32 Å². The summed E-state index contributed by atoms with van der Waals surface area (Å²) in [6.45, 7) is -0.0426. The second-order valence-electron chi connectivity index (χ2n) is 7.68. The number of benzene rings is 2. The Balaban J connectivity index is 1.30. The van der Waals surface area contributed by atoms with Crippen LogP contribution in [0.1, 0.15) is 23.5 Å². The van der Waals surface area contributed by atoms with Crippen LogP contribution in [0.25, 0.3) is 11.1 Å². The molecule has 2 aromatic carbocycles. The van der Waals surface area contributed by atoms with Gasteiger partial charge in [0.25, 0.3) is 5.91 Å². The van der Waals surface area contributed by atoms with Gasteiger partial charge in [-0.05, 0) is 28.2 Å². The van der Waals surface area contributed by atoms with Gasteiger partial charge < -0.3 is 25.2 Å². The SMILES string of the molecule is O=C(NCC#CC(=O)N1C[C@H](O)C[C@@H]1C(=O)O)OCC1c2ccccc2-c2ccccc21. The van der Waals surface area contributed by atoms with Crippen LogP contribution >= 0.6 is 0 Å².